The Bertz CT molecular complexity index is 1240. The lowest BCUT2D eigenvalue weighted by Crippen LogP contribution is -2.49. The molecule has 1 fully saturated rings. The average Bonchev–Trinajstić information content (AvgIpc) is 3.19. The maximum absolute atomic E-state index is 13.4. The molecule has 1 aliphatic rings. The van der Waals surface area contributed by atoms with E-state index in [2.05, 4.69) is 20.0 Å². The molecule has 31 heavy (non-hydrogen) atoms. The van der Waals surface area contributed by atoms with E-state index < -0.39 is 0 Å². The molecule has 7 heteroatoms. The summed E-state index contributed by atoms with van der Waals surface area (Å²) in [6.07, 6.45) is 1.82. The van der Waals surface area contributed by atoms with Crippen LogP contribution in [0.25, 0.3) is 22.2 Å². The lowest BCUT2D eigenvalue weighted by atomic mass is 9.98. The quantitative estimate of drug-likeness (QED) is 0.517. The maximum Gasteiger partial charge on any atom is 0.254 e. The Morgan fingerprint density at radius 3 is 2.39 bits per heavy atom. The Morgan fingerprint density at radius 2 is 1.61 bits per heavy atom. The van der Waals surface area contributed by atoms with Gasteiger partial charge >= 0.3 is 0 Å². The number of aryl methyl sites for hydroxylation is 2. The first-order valence-corrected chi connectivity index (χ1v) is 10.5. The summed E-state index contributed by atoms with van der Waals surface area (Å²) in [5.41, 5.74) is 3.60. The Labute approximate surface area is 181 Å². The summed E-state index contributed by atoms with van der Waals surface area (Å²) in [5.74, 6) is 1.69. The second kappa shape index (κ2) is 7.83. The van der Waals surface area contributed by atoms with Crippen molar-refractivity contribution in [3.63, 3.8) is 0 Å². The van der Waals surface area contributed by atoms with Gasteiger partial charge in [-0.15, -0.1) is 0 Å². The zero-order valence-corrected chi connectivity index (χ0v) is 17.7. The minimum Gasteiger partial charge on any atom is -0.352 e. The molecule has 0 saturated carbocycles. The van der Waals surface area contributed by atoms with Crippen molar-refractivity contribution in [1.82, 2.24) is 24.6 Å². The molecule has 0 bridgehead atoms. The van der Waals surface area contributed by atoms with E-state index in [1.165, 1.54) is 0 Å². The van der Waals surface area contributed by atoms with E-state index in [0.29, 0.717) is 13.1 Å². The fourth-order valence-electron chi connectivity index (χ4n) is 4.18. The highest BCUT2D eigenvalue weighted by Crippen LogP contribution is 2.27. The topological polar surface area (TPSA) is 67.2 Å². The van der Waals surface area contributed by atoms with Gasteiger partial charge in [0, 0.05) is 38.8 Å². The van der Waals surface area contributed by atoms with E-state index >= 15 is 0 Å². The SMILES string of the molecule is Cc1nc(N2CCN(C(=O)c3ccccc3-c3ccccc3)CC2)c2cnn(C)c2n1. The van der Waals surface area contributed by atoms with Gasteiger partial charge in [-0.3, -0.25) is 9.48 Å². The molecular formula is C24H24N6O. The van der Waals surface area contributed by atoms with E-state index in [9.17, 15) is 4.79 Å². The highest BCUT2D eigenvalue weighted by atomic mass is 16.2. The fourth-order valence-corrected chi connectivity index (χ4v) is 4.18. The van der Waals surface area contributed by atoms with Crippen molar-refractivity contribution in [2.24, 2.45) is 7.05 Å². The van der Waals surface area contributed by atoms with Gasteiger partial charge in [-0.05, 0) is 24.1 Å². The first-order valence-electron chi connectivity index (χ1n) is 10.5. The third-order valence-corrected chi connectivity index (χ3v) is 5.79. The Balaban J connectivity index is 1.37. The summed E-state index contributed by atoms with van der Waals surface area (Å²) in [4.78, 5) is 26.7. The number of aromatic nitrogens is 4. The lowest BCUT2D eigenvalue weighted by molar-refractivity contribution is 0.0747. The van der Waals surface area contributed by atoms with Crippen molar-refractivity contribution < 1.29 is 4.79 Å². The molecule has 0 spiro atoms. The fraction of sp³-hybridized carbons (Fsp3) is 0.250. The molecule has 4 aromatic rings. The van der Waals surface area contributed by atoms with Crippen molar-refractivity contribution >= 4 is 22.8 Å². The first-order chi connectivity index (χ1) is 15.1. The van der Waals surface area contributed by atoms with Crippen molar-refractivity contribution in [3.05, 3.63) is 72.2 Å². The summed E-state index contributed by atoms with van der Waals surface area (Å²) < 4.78 is 1.77. The molecule has 2 aromatic carbocycles. The van der Waals surface area contributed by atoms with Crippen LogP contribution < -0.4 is 4.90 Å². The Kier molecular flexibility index (Phi) is 4.86. The normalized spacial score (nSPS) is 14.3. The molecule has 1 saturated heterocycles. The van der Waals surface area contributed by atoms with Crippen LogP contribution >= 0.6 is 0 Å². The van der Waals surface area contributed by atoms with Gasteiger partial charge in [0.15, 0.2) is 5.65 Å². The Hall–Kier alpha value is -3.74. The zero-order chi connectivity index (χ0) is 21.4. The molecule has 1 aliphatic heterocycles. The molecule has 0 atom stereocenters. The van der Waals surface area contributed by atoms with E-state index in [4.69, 9.17) is 0 Å². The van der Waals surface area contributed by atoms with E-state index in [1.807, 2.05) is 79.7 Å². The number of nitrogens with zero attached hydrogens (tertiary/aromatic N) is 6. The number of carbonyl (C=O) groups excluding carboxylic acids is 1. The van der Waals surface area contributed by atoms with Gasteiger partial charge in [0.05, 0.1) is 11.6 Å². The van der Waals surface area contributed by atoms with Gasteiger partial charge in [0.25, 0.3) is 5.91 Å². The van der Waals surface area contributed by atoms with Crippen molar-refractivity contribution in [3.8, 4) is 11.1 Å². The highest BCUT2D eigenvalue weighted by molar-refractivity contribution is 6.01. The summed E-state index contributed by atoms with van der Waals surface area (Å²) in [6, 6.07) is 17.9. The van der Waals surface area contributed by atoms with E-state index in [-0.39, 0.29) is 5.91 Å². The van der Waals surface area contributed by atoms with Crippen LogP contribution in [0, 0.1) is 6.92 Å². The predicted molar refractivity (Wildman–Crippen MR) is 121 cm³/mol. The number of hydrogen-bond acceptors (Lipinski definition) is 5. The minimum atomic E-state index is 0.0736. The minimum absolute atomic E-state index is 0.0736. The number of fused-ring (bicyclic) bond motifs is 1. The monoisotopic (exact) mass is 412 g/mol. The van der Waals surface area contributed by atoms with Crippen LogP contribution in [0.4, 0.5) is 5.82 Å². The molecule has 3 heterocycles. The summed E-state index contributed by atoms with van der Waals surface area (Å²) in [7, 11) is 1.89. The lowest BCUT2D eigenvalue weighted by Gasteiger charge is -2.36. The molecule has 0 unspecified atom stereocenters. The van der Waals surface area contributed by atoms with Gasteiger partial charge in [0.1, 0.15) is 11.6 Å². The van der Waals surface area contributed by atoms with Gasteiger partial charge < -0.3 is 9.80 Å². The van der Waals surface area contributed by atoms with Crippen LogP contribution in [-0.2, 0) is 7.05 Å². The van der Waals surface area contributed by atoms with Crippen molar-refractivity contribution in [2.75, 3.05) is 31.1 Å². The molecule has 0 aliphatic carbocycles. The van der Waals surface area contributed by atoms with Crippen LogP contribution in [-0.4, -0.2) is 56.7 Å². The average molecular weight is 412 g/mol. The van der Waals surface area contributed by atoms with E-state index in [1.54, 1.807) is 4.68 Å². The Morgan fingerprint density at radius 1 is 0.903 bits per heavy atom. The highest BCUT2D eigenvalue weighted by Gasteiger charge is 2.26. The van der Waals surface area contributed by atoms with E-state index in [0.717, 1.165) is 52.5 Å². The number of piperazine rings is 1. The second-order valence-electron chi connectivity index (χ2n) is 7.79. The molecule has 0 N–H and O–H groups in total. The number of benzene rings is 2. The van der Waals surface area contributed by atoms with Gasteiger partial charge in [-0.25, -0.2) is 9.97 Å². The number of rotatable bonds is 3. The van der Waals surface area contributed by atoms with Crippen LogP contribution in [0.2, 0.25) is 0 Å². The summed E-state index contributed by atoms with van der Waals surface area (Å²) in [6.45, 7) is 4.63. The number of anilines is 1. The zero-order valence-electron chi connectivity index (χ0n) is 17.7. The van der Waals surface area contributed by atoms with Crippen molar-refractivity contribution in [2.45, 2.75) is 6.92 Å². The van der Waals surface area contributed by atoms with Crippen molar-refractivity contribution in [1.29, 1.82) is 0 Å². The molecule has 156 valence electrons. The predicted octanol–water partition coefficient (Wildman–Crippen LogP) is 3.30. The number of hydrogen-bond donors (Lipinski definition) is 0. The third-order valence-electron chi connectivity index (χ3n) is 5.79. The van der Waals surface area contributed by atoms with Crippen LogP contribution in [0.3, 0.4) is 0 Å². The largest absolute Gasteiger partial charge is 0.352 e. The molecule has 2 aromatic heterocycles. The smallest absolute Gasteiger partial charge is 0.254 e. The molecule has 7 nitrogen and oxygen atoms in total. The van der Waals surface area contributed by atoms with Crippen LogP contribution in [0.5, 0.6) is 0 Å². The third kappa shape index (κ3) is 3.52. The summed E-state index contributed by atoms with van der Waals surface area (Å²) >= 11 is 0. The molecule has 1 amide bonds. The first kappa shape index (κ1) is 19.2. The number of carbonyl (C=O) groups is 1. The standard InChI is InChI=1S/C24H24N6O/c1-17-26-22-21(16-25-28(22)2)23(27-17)29-12-14-30(15-13-29)24(31)20-11-7-6-10-19(20)18-8-4-3-5-9-18/h3-11,16H,12-15H2,1-2H3. The molecule has 0 radical (unpaired) electrons. The van der Waals surface area contributed by atoms with Gasteiger partial charge in [0.2, 0.25) is 0 Å². The number of amides is 1. The van der Waals surface area contributed by atoms with Gasteiger partial charge in [-0.1, -0.05) is 48.5 Å². The molecule has 5 rings (SSSR count). The molecular weight excluding hydrogens is 388 g/mol. The van der Waals surface area contributed by atoms with Gasteiger partial charge in [-0.2, -0.15) is 5.10 Å². The second-order valence-corrected chi connectivity index (χ2v) is 7.79. The maximum atomic E-state index is 13.4. The summed E-state index contributed by atoms with van der Waals surface area (Å²) in [5, 5.41) is 5.28. The van der Waals surface area contributed by atoms with Crippen LogP contribution in [0.1, 0.15) is 16.2 Å². The van der Waals surface area contributed by atoms with Crippen LogP contribution in [0.15, 0.2) is 60.8 Å².